The molecule has 4 nitrogen and oxygen atoms in total. The third-order valence-corrected chi connectivity index (χ3v) is 2.92. The van der Waals surface area contributed by atoms with Crippen LogP contribution >= 0.6 is 15.9 Å². The monoisotopic (exact) mass is 271 g/mol. The van der Waals surface area contributed by atoms with Gasteiger partial charge in [0.05, 0.1) is 11.6 Å². The van der Waals surface area contributed by atoms with E-state index in [1.54, 1.807) is 12.3 Å². The molecule has 2 heterocycles. The van der Waals surface area contributed by atoms with E-state index in [0.717, 1.165) is 4.47 Å². The molecule has 80 valence electrons. The maximum Gasteiger partial charge on any atom is 0.309 e. The van der Waals surface area contributed by atoms with Crippen LogP contribution in [0.1, 0.15) is 18.2 Å². The van der Waals surface area contributed by atoms with Crippen LogP contribution in [0.3, 0.4) is 0 Å². The lowest BCUT2D eigenvalue weighted by molar-refractivity contribution is -0.143. The van der Waals surface area contributed by atoms with Crippen molar-refractivity contribution in [2.24, 2.45) is 5.92 Å². The molecule has 0 radical (unpaired) electrons. The minimum Gasteiger partial charge on any atom is -0.481 e. The number of rotatable bonds is 2. The lowest BCUT2D eigenvalue weighted by Crippen LogP contribution is -2.18. The number of carbonyl (C=O) groups is 1. The minimum atomic E-state index is -0.817. The maximum atomic E-state index is 10.9. The molecule has 0 saturated carbocycles. The van der Waals surface area contributed by atoms with E-state index in [1.165, 1.54) is 0 Å². The van der Waals surface area contributed by atoms with Crippen molar-refractivity contribution in [2.45, 2.75) is 12.5 Å². The van der Waals surface area contributed by atoms with Gasteiger partial charge >= 0.3 is 5.97 Å². The van der Waals surface area contributed by atoms with Gasteiger partial charge in [0.25, 0.3) is 0 Å². The molecule has 0 bridgehead atoms. The molecule has 1 aromatic heterocycles. The second-order valence-corrected chi connectivity index (χ2v) is 4.34. The van der Waals surface area contributed by atoms with Crippen LogP contribution < -0.4 is 0 Å². The van der Waals surface area contributed by atoms with Gasteiger partial charge in [0.15, 0.2) is 0 Å². The highest BCUT2D eigenvalue weighted by Gasteiger charge is 2.35. The average Bonchev–Trinajstić information content (AvgIpc) is 2.67. The standard InChI is InChI=1S/C10H10BrNO3/c11-6-1-2-8(12-5-6)9-7(10(13)14)3-4-15-9/h1-2,5,7,9H,3-4H2,(H,13,14). The van der Waals surface area contributed by atoms with E-state index in [2.05, 4.69) is 20.9 Å². The maximum absolute atomic E-state index is 10.9. The molecule has 1 saturated heterocycles. The number of hydrogen-bond acceptors (Lipinski definition) is 3. The summed E-state index contributed by atoms with van der Waals surface area (Å²) in [5.41, 5.74) is 0.683. The Morgan fingerprint density at radius 1 is 1.60 bits per heavy atom. The molecule has 5 heteroatoms. The smallest absolute Gasteiger partial charge is 0.309 e. The number of nitrogens with zero attached hydrogens (tertiary/aromatic N) is 1. The van der Waals surface area contributed by atoms with E-state index in [-0.39, 0.29) is 0 Å². The first-order valence-corrected chi connectivity index (χ1v) is 5.43. The van der Waals surface area contributed by atoms with Crippen LogP contribution in [0.15, 0.2) is 22.8 Å². The number of carboxylic acid groups (broad SMARTS) is 1. The van der Waals surface area contributed by atoms with Crippen LogP contribution in [0.25, 0.3) is 0 Å². The van der Waals surface area contributed by atoms with E-state index < -0.39 is 18.0 Å². The van der Waals surface area contributed by atoms with Crippen LogP contribution in [0, 0.1) is 5.92 Å². The van der Waals surface area contributed by atoms with Crippen molar-refractivity contribution in [3.8, 4) is 0 Å². The van der Waals surface area contributed by atoms with Crippen molar-refractivity contribution in [1.82, 2.24) is 4.98 Å². The molecule has 0 aromatic carbocycles. The second kappa shape index (κ2) is 4.28. The van der Waals surface area contributed by atoms with Gasteiger partial charge in [-0.3, -0.25) is 9.78 Å². The Kier molecular flexibility index (Phi) is 3.02. The van der Waals surface area contributed by atoms with Gasteiger partial charge < -0.3 is 9.84 Å². The Morgan fingerprint density at radius 2 is 2.40 bits per heavy atom. The highest BCUT2D eigenvalue weighted by molar-refractivity contribution is 9.10. The normalized spacial score (nSPS) is 25.4. The molecule has 2 atom stereocenters. The van der Waals surface area contributed by atoms with Crippen molar-refractivity contribution in [3.63, 3.8) is 0 Å². The fraction of sp³-hybridized carbons (Fsp3) is 0.400. The fourth-order valence-corrected chi connectivity index (χ4v) is 1.92. The van der Waals surface area contributed by atoms with Crippen molar-refractivity contribution in [1.29, 1.82) is 0 Å². The van der Waals surface area contributed by atoms with Gasteiger partial charge in [0.2, 0.25) is 0 Å². The number of pyridine rings is 1. The quantitative estimate of drug-likeness (QED) is 0.894. The molecule has 1 aromatic rings. The third kappa shape index (κ3) is 2.18. The summed E-state index contributed by atoms with van der Waals surface area (Å²) in [5, 5.41) is 8.98. The first-order chi connectivity index (χ1) is 7.18. The summed E-state index contributed by atoms with van der Waals surface area (Å²) in [7, 11) is 0. The zero-order chi connectivity index (χ0) is 10.8. The first kappa shape index (κ1) is 10.6. The van der Waals surface area contributed by atoms with E-state index in [1.807, 2.05) is 6.07 Å². The molecular formula is C10H10BrNO3. The van der Waals surface area contributed by atoms with Crippen LogP contribution in [0.2, 0.25) is 0 Å². The highest BCUT2D eigenvalue weighted by atomic mass is 79.9. The van der Waals surface area contributed by atoms with Gasteiger partial charge in [-0.15, -0.1) is 0 Å². The van der Waals surface area contributed by atoms with Gasteiger partial charge in [0, 0.05) is 17.3 Å². The molecule has 0 aliphatic carbocycles. The number of hydrogen-bond donors (Lipinski definition) is 1. The average molecular weight is 272 g/mol. The van der Waals surface area contributed by atoms with Gasteiger partial charge in [0.1, 0.15) is 6.10 Å². The SMILES string of the molecule is O=C(O)C1CCOC1c1ccc(Br)cn1. The van der Waals surface area contributed by atoms with Crippen molar-refractivity contribution in [3.05, 3.63) is 28.5 Å². The van der Waals surface area contributed by atoms with E-state index in [9.17, 15) is 4.79 Å². The van der Waals surface area contributed by atoms with Gasteiger partial charge in [-0.25, -0.2) is 0 Å². The number of halogens is 1. The third-order valence-electron chi connectivity index (χ3n) is 2.45. The summed E-state index contributed by atoms with van der Waals surface area (Å²) in [5.74, 6) is -1.29. The molecule has 0 spiro atoms. The number of aromatic nitrogens is 1. The summed E-state index contributed by atoms with van der Waals surface area (Å²) in [6, 6.07) is 3.62. The Labute approximate surface area is 95.4 Å². The van der Waals surface area contributed by atoms with Crippen LogP contribution in [-0.2, 0) is 9.53 Å². The topological polar surface area (TPSA) is 59.4 Å². The Hall–Kier alpha value is -0.940. The van der Waals surface area contributed by atoms with Gasteiger partial charge in [-0.2, -0.15) is 0 Å². The zero-order valence-electron chi connectivity index (χ0n) is 7.89. The minimum absolute atomic E-state index is 0.407. The van der Waals surface area contributed by atoms with Crippen LogP contribution in [-0.4, -0.2) is 22.7 Å². The zero-order valence-corrected chi connectivity index (χ0v) is 9.48. The predicted octanol–water partition coefficient (Wildman–Crippen LogP) is 2.01. The molecule has 2 rings (SSSR count). The van der Waals surface area contributed by atoms with Gasteiger partial charge in [-0.1, -0.05) is 0 Å². The van der Waals surface area contributed by atoms with Crippen molar-refractivity contribution < 1.29 is 14.6 Å². The van der Waals surface area contributed by atoms with Crippen LogP contribution in [0.4, 0.5) is 0 Å². The van der Waals surface area contributed by atoms with E-state index in [4.69, 9.17) is 9.84 Å². The molecule has 2 unspecified atom stereocenters. The molecule has 1 N–H and O–H groups in total. The highest BCUT2D eigenvalue weighted by Crippen LogP contribution is 2.33. The fourth-order valence-electron chi connectivity index (χ4n) is 1.69. The summed E-state index contributed by atoms with van der Waals surface area (Å²) >= 11 is 3.28. The Balaban J connectivity index is 2.22. The molecule has 15 heavy (non-hydrogen) atoms. The summed E-state index contributed by atoms with van der Waals surface area (Å²) in [6.07, 6.45) is 1.80. The molecule has 1 aliphatic heterocycles. The lowest BCUT2D eigenvalue weighted by atomic mass is 9.99. The first-order valence-electron chi connectivity index (χ1n) is 4.64. The predicted molar refractivity (Wildman–Crippen MR) is 56.4 cm³/mol. The molecule has 1 fully saturated rings. The largest absolute Gasteiger partial charge is 0.481 e. The summed E-state index contributed by atoms with van der Waals surface area (Å²) in [4.78, 5) is 15.1. The number of aliphatic carboxylic acids is 1. The molecule has 0 amide bonds. The van der Waals surface area contributed by atoms with Gasteiger partial charge in [-0.05, 0) is 34.5 Å². The molecular weight excluding hydrogens is 262 g/mol. The Morgan fingerprint density at radius 3 is 3.00 bits per heavy atom. The van der Waals surface area contributed by atoms with E-state index >= 15 is 0 Å². The number of ether oxygens (including phenoxy) is 1. The second-order valence-electron chi connectivity index (χ2n) is 3.43. The van der Waals surface area contributed by atoms with E-state index in [0.29, 0.717) is 18.7 Å². The lowest BCUT2D eigenvalue weighted by Gasteiger charge is -2.13. The van der Waals surface area contributed by atoms with Crippen molar-refractivity contribution >= 4 is 21.9 Å². The van der Waals surface area contributed by atoms with Crippen LogP contribution in [0.5, 0.6) is 0 Å². The van der Waals surface area contributed by atoms with Crippen molar-refractivity contribution in [2.75, 3.05) is 6.61 Å². The summed E-state index contributed by atoms with van der Waals surface area (Å²) < 4.78 is 6.27. The number of carboxylic acids is 1. The molecule has 1 aliphatic rings. The Bertz CT molecular complexity index is 365. The summed E-state index contributed by atoms with van der Waals surface area (Å²) in [6.45, 7) is 0.485.